The third kappa shape index (κ3) is 3.83. The number of aromatic nitrogens is 1. The molecule has 130 valence electrons. The van der Waals surface area contributed by atoms with Gasteiger partial charge >= 0.3 is 0 Å². The number of rotatable bonds is 6. The maximum Gasteiger partial charge on any atom is 0.228 e. The van der Waals surface area contributed by atoms with E-state index in [9.17, 15) is 9.18 Å². The van der Waals surface area contributed by atoms with E-state index in [1.54, 1.807) is 13.2 Å². The summed E-state index contributed by atoms with van der Waals surface area (Å²) in [4.78, 5) is 12.3. The molecule has 4 nitrogen and oxygen atoms in total. The standard InChI is InChI=1S/C19H18ClFN2O2/c1-25-11-10-23-9-8-13-17(6-3-7-18(13)23)22-19(24)12-14-15(20)4-2-5-16(14)21/h2-9H,10-12H2,1H3,(H,22,24). The number of nitrogens with one attached hydrogen (secondary N) is 1. The first-order valence-corrected chi connectivity index (χ1v) is 8.27. The number of methoxy groups -OCH3 is 1. The molecule has 1 amide bonds. The summed E-state index contributed by atoms with van der Waals surface area (Å²) in [5, 5.41) is 4.02. The first kappa shape index (κ1) is 17.5. The molecule has 0 atom stereocenters. The van der Waals surface area contributed by atoms with Gasteiger partial charge in [-0.05, 0) is 30.3 Å². The molecule has 0 saturated heterocycles. The van der Waals surface area contributed by atoms with E-state index in [2.05, 4.69) is 9.88 Å². The first-order chi connectivity index (χ1) is 12.1. The second-order valence-electron chi connectivity index (χ2n) is 5.67. The van der Waals surface area contributed by atoms with Gasteiger partial charge in [0.2, 0.25) is 5.91 Å². The molecule has 0 aliphatic carbocycles. The van der Waals surface area contributed by atoms with Crippen LogP contribution in [0.15, 0.2) is 48.7 Å². The quantitative estimate of drug-likeness (QED) is 0.713. The van der Waals surface area contributed by atoms with Crippen LogP contribution in [0.1, 0.15) is 5.56 Å². The van der Waals surface area contributed by atoms with Gasteiger partial charge < -0.3 is 14.6 Å². The average molecular weight is 361 g/mol. The number of hydrogen-bond acceptors (Lipinski definition) is 2. The fourth-order valence-electron chi connectivity index (χ4n) is 2.77. The molecule has 0 radical (unpaired) electrons. The number of ether oxygens (including phenoxy) is 1. The fraction of sp³-hybridized carbons (Fsp3) is 0.211. The molecule has 1 heterocycles. The van der Waals surface area contributed by atoms with Gasteiger partial charge in [-0.1, -0.05) is 23.7 Å². The van der Waals surface area contributed by atoms with Crippen molar-refractivity contribution in [2.24, 2.45) is 0 Å². The van der Waals surface area contributed by atoms with E-state index in [0.717, 1.165) is 17.4 Å². The molecular weight excluding hydrogens is 343 g/mol. The molecule has 3 aromatic rings. The van der Waals surface area contributed by atoms with Gasteiger partial charge in [0, 0.05) is 35.8 Å². The lowest BCUT2D eigenvalue weighted by molar-refractivity contribution is -0.115. The van der Waals surface area contributed by atoms with Crippen LogP contribution in [0.5, 0.6) is 0 Å². The van der Waals surface area contributed by atoms with Crippen molar-refractivity contribution in [1.82, 2.24) is 4.57 Å². The van der Waals surface area contributed by atoms with Crippen molar-refractivity contribution >= 4 is 34.1 Å². The highest BCUT2D eigenvalue weighted by molar-refractivity contribution is 6.31. The minimum atomic E-state index is -0.480. The Kier molecular flexibility index (Phi) is 5.36. The third-order valence-electron chi connectivity index (χ3n) is 4.02. The zero-order chi connectivity index (χ0) is 17.8. The largest absolute Gasteiger partial charge is 0.383 e. The molecule has 0 fully saturated rings. The SMILES string of the molecule is COCCn1ccc2c(NC(=O)Cc3c(F)cccc3Cl)cccc21. The summed E-state index contributed by atoms with van der Waals surface area (Å²) in [7, 11) is 1.66. The zero-order valence-corrected chi connectivity index (χ0v) is 14.5. The van der Waals surface area contributed by atoms with E-state index in [-0.39, 0.29) is 22.9 Å². The molecule has 0 aliphatic heterocycles. The Labute approximate surface area is 150 Å². The predicted molar refractivity (Wildman–Crippen MR) is 97.6 cm³/mol. The monoisotopic (exact) mass is 360 g/mol. The van der Waals surface area contributed by atoms with Crippen molar-refractivity contribution in [2.45, 2.75) is 13.0 Å². The second kappa shape index (κ2) is 7.68. The first-order valence-electron chi connectivity index (χ1n) is 7.89. The maximum atomic E-state index is 13.8. The van der Waals surface area contributed by atoms with Crippen molar-refractivity contribution in [3.63, 3.8) is 0 Å². The van der Waals surface area contributed by atoms with E-state index >= 15 is 0 Å². The second-order valence-corrected chi connectivity index (χ2v) is 6.07. The fourth-order valence-corrected chi connectivity index (χ4v) is 3.00. The normalized spacial score (nSPS) is 11.0. The Morgan fingerprint density at radius 1 is 1.24 bits per heavy atom. The van der Waals surface area contributed by atoms with Crippen molar-refractivity contribution in [2.75, 3.05) is 19.0 Å². The highest BCUT2D eigenvalue weighted by Crippen LogP contribution is 2.25. The molecule has 0 spiro atoms. The average Bonchev–Trinajstić information content (AvgIpc) is 3.01. The van der Waals surface area contributed by atoms with Crippen LogP contribution in [0.2, 0.25) is 5.02 Å². The molecule has 1 aromatic heterocycles. The molecule has 0 aliphatic rings. The van der Waals surface area contributed by atoms with Crippen molar-refractivity contribution in [1.29, 1.82) is 0 Å². The predicted octanol–water partition coefficient (Wildman–Crippen LogP) is 4.26. The Morgan fingerprint density at radius 2 is 2.04 bits per heavy atom. The summed E-state index contributed by atoms with van der Waals surface area (Å²) in [5.74, 6) is -0.796. The Hall–Kier alpha value is -2.37. The topological polar surface area (TPSA) is 43.3 Å². The van der Waals surface area contributed by atoms with Gasteiger partial charge in [-0.25, -0.2) is 4.39 Å². The van der Waals surface area contributed by atoms with Crippen LogP contribution < -0.4 is 5.32 Å². The highest BCUT2D eigenvalue weighted by Gasteiger charge is 2.13. The minimum Gasteiger partial charge on any atom is -0.383 e. The smallest absolute Gasteiger partial charge is 0.228 e. The number of nitrogens with zero attached hydrogens (tertiary/aromatic N) is 1. The van der Waals surface area contributed by atoms with Crippen molar-refractivity contribution < 1.29 is 13.9 Å². The number of hydrogen-bond donors (Lipinski definition) is 1. The van der Waals surface area contributed by atoms with Crippen LogP contribution in [0.4, 0.5) is 10.1 Å². The number of amides is 1. The van der Waals surface area contributed by atoms with E-state index in [0.29, 0.717) is 12.3 Å². The maximum absolute atomic E-state index is 13.8. The van der Waals surface area contributed by atoms with Crippen LogP contribution in [0, 0.1) is 5.82 Å². The third-order valence-corrected chi connectivity index (χ3v) is 4.38. The minimum absolute atomic E-state index is 0.119. The Morgan fingerprint density at radius 3 is 2.80 bits per heavy atom. The molecule has 0 bridgehead atoms. The number of halogens is 2. The Bertz CT molecular complexity index is 887. The van der Waals surface area contributed by atoms with Crippen LogP contribution in [-0.4, -0.2) is 24.2 Å². The van der Waals surface area contributed by atoms with E-state index < -0.39 is 5.82 Å². The zero-order valence-electron chi connectivity index (χ0n) is 13.8. The number of anilines is 1. The van der Waals surface area contributed by atoms with Gasteiger partial charge in [0.05, 0.1) is 24.2 Å². The summed E-state index contributed by atoms with van der Waals surface area (Å²) in [6.07, 6.45) is 1.83. The molecule has 25 heavy (non-hydrogen) atoms. The van der Waals surface area contributed by atoms with Gasteiger partial charge in [0.1, 0.15) is 5.82 Å². The lowest BCUT2D eigenvalue weighted by Gasteiger charge is -2.10. The van der Waals surface area contributed by atoms with Crippen LogP contribution in [0.3, 0.4) is 0 Å². The molecule has 0 saturated carbocycles. The van der Waals surface area contributed by atoms with Crippen LogP contribution in [-0.2, 0) is 22.5 Å². The Balaban J connectivity index is 1.81. The molecule has 3 rings (SSSR count). The van der Waals surface area contributed by atoms with E-state index in [1.807, 2.05) is 30.5 Å². The van der Waals surface area contributed by atoms with Gasteiger partial charge in [0.15, 0.2) is 0 Å². The lowest BCUT2D eigenvalue weighted by Crippen LogP contribution is -2.15. The van der Waals surface area contributed by atoms with E-state index in [4.69, 9.17) is 16.3 Å². The number of carbonyl (C=O) groups excluding carboxylic acids is 1. The van der Waals surface area contributed by atoms with Crippen molar-refractivity contribution in [3.8, 4) is 0 Å². The van der Waals surface area contributed by atoms with E-state index in [1.165, 1.54) is 12.1 Å². The highest BCUT2D eigenvalue weighted by atomic mass is 35.5. The van der Waals surface area contributed by atoms with Crippen molar-refractivity contribution in [3.05, 3.63) is 65.1 Å². The van der Waals surface area contributed by atoms with Gasteiger partial charge in [-0.15, -0.1) is 0 Å². The molecule has 6 heteroatoms. The van der Waals surface area contributed by atoms with Crippen LogP contribution >= 0.6 is 11.6 Å². The summed E-state index contributed by atoms with van der Waals surface area (Å²) < 4.78 is 21.0. The van der Waals surface area contributed by atoms with Gasteiger partial charge in [-0.2, -0.15) is 0 Å². The van der Waals surface area contributed by atoms with Gasteiger partial charge in [0.25, 0.3) is 0 Å². The summed E-state index contributed by atoms with van der Waals surface area (Å²) in [5.41, 5.74) is 1.89. The molecule has 1 N–H and O–H groups in total. The lowest BCUT2D eigenvalue weighted by atomic mass is 10.1. The van der Waals surface area contributed by atoms with Crippen LogP contribution in [0.25, 0.3) is 10.9 Å². The molecule has 2 aromatic carbocycles. The number of carbonyl (C=O) groups is 1. The summed E-state index contributed by atoms with van der Waals surface area (Å²) in [6, 6.07) is 12.0. The molecular formula is C19H18ClFN2O2. The van der Waals surface area contributed by atoms with Gasteiger partial charge in [-0.3, -0.25) is 4.79 Å². The number of fused-ring (bicyclic) bond motifs is 1. The molecule has 0 unspecified atom stereocenters. The number of benzene rings is 2. The summed E-state index contributed by atoms with van der Waals surface area (Å²) >= 11 is 5.99. The summed E-state index contributed by atoms with van der Waals surface area (Å²) in [6.45, 7) is 1.33.